The number of hydrogen-bond donors (Lipinski definition) is 1. The fraction of sp³-hybridized carbons (Fsp3) is 0.800. The molecule has 0 heterocycles. The first-order valence-corrected chi connectivity index (χ1v) is 12.4. The van der Waals surface area contributed by atoms with Crippen LogP contribution in [0.5, 0.6) is 0 Å². The van der Waals surface area contributed by atoms with Gasteiger partial charge in [-0.2, -0.15) is 0 Å². The molecule has 2 nitrogen and oxygen atoms in total. The molecule has 11 heavy (non-hydrogen) atoms. The molecule has 1 amide bonds. The summed E-state index contributed by atoms with van der Waals surface area (Å²) in [5.41, 5.74) is 5.12. The summed E-state index contributed by atoms with van der Waals surface area (Å²) < 4.78 is -0.898. The standard InChI is InChI=1S/C5H10Cl3GeNO/c1-3-5(2,4(10)11)9(6,7)8/h3H2,1-2H3,(H2,10,11). The molecule has 0 bridgehead atoms. The zero-order valence-electron chi connectivity index (χ0n) is 6.33. The van der Waals surface area contributed by atoms with Crippen LogP contribution in [0.2, 0.25) is 4.25 Å². The summed E-state index contributed by atoms with van der Waals surface area (Å²) in [6.45, 7) is 3.40. The van der Waals surface area contributed by atoms with Gasteiger partial charge in [-0.3, -0.25) is 0 Å². The maximum absolute atomic E-state index is 10.9. The van der Waals surface area contributed by atoms with Gasteiger partial charge in [0.15, 0.2) is 0 Å². The van der Waals surface area contributed by atoms with Crippen LogP contribution in [0.25, 0.3) is 0 Å². The van der Waals surface area contributed by atoms with Gasteiger partial charge in [-0.05, 0) is 0 Å². The van der Waals surface area contributed by atoms with Gasteiger partial charge in [-0.25, -0.2) is 0 Å². The SMILES string of the molecule is CC[C](C)(C(N)=O)[Ge]([Cl])([Cl])[Cl]. The number of primary amides is 1. The molecule has 0 aliphatic heterocycles. The van der Waals surface area contributed by atoms with Crippen LogP contribution in [0, 0.1) is 0 Å². The number of rotatable bonds is 3. The Hall–Kier alpha value is 0.883. The molecule has 1 atom stereocenters. The number of amides is 1. The number of carbonyl (C=O) groups is 1. The quantitative estimate of drug-likeness (QED) is 0.791. The molecule has 0 saturated heterocycles. The van der Waals surface area contributed by atoms with Crippen LogP contribution in [-0.4, -0.2) is 16.4 Å². The van der Waals surface area contributed by atoms with Crippen molar-refractivity contribution < 1.29 is 4.79 Å². The fourth-order valence-electron chi connectivity index (χ4n) is 0.514. The minimum atomic E-state index is -3.52. The van der Waals surface area contributed by atoms with E-state index < -0.39 is 20.6 Å². The molecule has 0 aromatic rings. The van der Waals surface area contributed by atoms with Crippen LogP contribution in [0.3, 0.4) is 0 Å². The summed E-state index contributed by atoms with van der Waals surface area (Å²) in [5, 5.41) is 0. The zero-order valence-corrected chi connectivity index (χ0v) is 10.7. The Bertz CT molecular complexity index is 170. The molecule has 0 aliphatic carbocycles. The zero-order chi connectivity index (χ0) is 9.28. The molecular weight excluding hydrogens is 269 g/mol. The van der Waals surface area contributed by atoms with Crippen LogP contribution in [-0.2, 0) is 4.79 Å². The molecule has 1 unspecified atom stereocenters. The third-order valence-electron chi connectivity index (χ3n) is 1.88. The Kier molecular flexibility index (Phi) is 4.03. The number of nitrogens with two attached hydrogens (primary N) is 1. The normalized spacial score (nSPS) is 17.5. The first-order chi connectivity index (χ1) is 4.75. The van der Waals surface area contributed by atoms with Gasteiger partial charge >= 0.3 is 81.5 Å². The van der Waals surface area contributed by atoms with Gasteiger partial charge in [0.2, 0.25) is 0 Å². The average Bonchev–Trinajstić information content (AvgIpc) is 1.83. The number of hydrogen-bond acceptors (Lipinski definition) is 1. The maximum atomic E-state index is 10.9. The van der Waals surface area contributed by atoms with Crippen molar-refractivity contribution in [3.05, 3.63) is 0 Å². The summed E-state index contributed by atoms with van der Waals surface area (Å²) in [4.78, 5) is 10.9. The molecule has 0 aromatic carbocycles. The van der Waals surface area contributed by atoms with E-state index in [0.717, 1.165) is 0 Å². The second kappa shape index (κ2) is 3.73. The van der Waals surface area contributed by atoms with Crippen molar-refractivity contribution in [3.63, 3.8) is 0 Å². The van der Waals surface area contributed by atoms with E-state index in [1.54, 1.807) is 13.8 Å². The van der Waals surface area contributed by atoms with Crippen LogP contribution in [0.15, 0.2) is 0 Å². The Morgan fingerprint density at radius 1 is 1.55 bits per heavy atom. The van der Waals surface area contributed by atoms with E-state index in [1.165, 1.54) is 0 Å². The summed E-state index contributed by atoms with van der Waals surface area (Å²) in [6, 6.07) is 0. The van der Waals surface area contributed by atoms with Crippen molar-refractivity contribution in [2.24, 2.45) is 5.73 Å². The number of halogens is 3. The molecule has 0 fully saturated rings. The summed E-state index contributed by atoms with van der Waals surface area (Å²) in [5.74, 6) is -0.514. The Morgan fingerprint density at radius 2 is 1.91 bits per heavy atom. The molecule has 0 saturated carbocycles. The van der Waals surface area contributed by atoms with Gasteiger partial charge in [-0.15, -0.1) is 0 Å². The molecule has 6 heteroatoms. The molecule has 0 aliphatic rings. The summed E-state index contributed by atoms with van der Waals surface area (Å²) in [6.07, 6.45) is 0.485. The summed E-state index contributed by atoms with van der Waals surface area (Å²) >= 11 is 0. The van der Waals surface area contributed by atoms with E-state index in [-0.39, 0.29) is 0 Å². The minimum absolute atomic E-state index is 0.485. The van der Waals surface area contributed by atoms with Crippen LogP contribution in [0.4, 0.5) is 0 Å². The molecule has 0 spiro atoms. The van der Waals surface area contributed by atoms with Crippen molar-refractivity contribution in [2.75, 3.05) is 0 Å². The van der Waals surface area contributed by atoms with Gasteiger partial charge in [-0.1, -0.05) is 0 Å². The van der Waals surface area contributed by atoms with Crippen molar-refractivity contribution >= 4 is 46.4 Å². The topological polar surface area (TPSA) is 43.1 Å². The van der Waals surface area contributed by atoms with Gasteiger partial charge in [0, 0.05) is 0 Å². The van der Waals surface area contributed by atoms with E-state index in [9.17, 15) is 4.79 Å². The molecular formula is C5H10Cl3GeNO. The first kappa shape index (κ1) is 11.9. The van der Waals surface area contributed by atoms with E-state index >= 15 is 0 Å². The van der Waals surface area contributed by atoms with Gasteiger partial charge in [0.25, 0.3) is 0 Å². The third kappa shape index (κ3) is 2.41. The first-order valence-electron chi connectivity index (χ1n) is 3.12. The predicted molar refractivity (Wildman–Crippen MR) is 51.2 cm³/mol. The Labute approximate surface area is 81.3 Å². The van der Waals surface area contributed by atoms with E-state index in [4.69, 9.17) is 35.8 Å². The second-order valence-corrected chi connectivity index (χ2v) is 18.8. The third-order valence-corrected chi connectivity index (χ3v) is 12.3. The van der Waals surface area contributed by atoms with Crippen LogP contribution >= 0.6 is 30.0 Å². The molecule has 0 radical (unpaired) electrons. The second-order valence-electron chi connectivity index (χ2n) is 2.55. The van der Waals surface area contributed by atoms with Crippen molar-refractivity contribution in [3.8, 4) is 0 Å². The molecule has 2 N–H and O–H groups in total. The van der Waals surface area contributed by atoms with Crippen LogP contribution in [0.1, 0.15) is 20.3 Å². The van der Waals surface area contributed by atoms with Gasteiger partial charge in [0.05, 0.1) is 0 Å². The fourth-order valence-corrected chi connectivity index (χ4v) is 5.48. The summed E-state index contributed by atoms with van der Waals surface area (Å²) in [7, 11) is 13.7. The van der Waals surface area contributed by atoms with Crippen molar-refractivity contribution in [1.29, 1.82) is 0 Å². The number of carbonyl (C=O) groups excluding carboxylic acids is 1. The predicted octanol–water partition coefficient (Wildman–Crippen LogP) is 2.30. The molecule has 0 aromatic heterocycles. The van der Waals surface area contributed by atoms with E-state index in [2.05, 4.69) is 0 Å². The van der Waals surface area contributed by atoms with Crippen LogP contribution < -0.4 is 5.73 Å². The molecule has 66 valence electrons. The van der Waals surface area contributed by atoms with Gasteiger partial charge in [0.1, 0.15) is 0 Å². The Morgan fingerprint density at radius 3 is 1.91 bits per heavy atom. The van der Waals surface area contributed by atoms with Gasteiger partial charge < -0.3 is 0 Å². The monoisotopic (exact) mass is 279 g/mol. The Balaban J connectivity index is 4.75. The van der Waals surface area contributed by atoms with Crippen molar-refractivity contribution in [1.82, 2.24) is 0 Å². The molecule has 0 rings (SSSR count). The van der Waals surface area contributed by atoms with E-state index in [1.807, 2.05) is 0 Å². The average molecular weight is 279 g/mol. The van der Waals surface area contributed by atoms with E-state index in [0.29, 0.717) is 6.42 Å². The van der Waals surface area contributed by atoms with Crippen molar-refractivity contribution in [2.45, 2.75) is 24.5 Å².